The molecule has 1 heterocycles. The van der Waals surface area contributed by atoms with E-state index < -0.39 is 0 Å². The molecule has 1 aromatic heterocycles. The van der Waals surface area contributed by atoms with Gasteiger partial charge in [0.05, 0.1) is 23.9 Å². The van der Waals surface area contributed by atoms with E-state index in [9.17, 15) is 4.79 Å². The fourth-order valence-corrected chi connectivity index (χ4v) is 2.46. The van der Waals surface area contributed by atoms with Gasteiger partial charge < -0.3 is 9.47 Å². The van der Waals surface area contributed by atoms with Crippen LogP contribution in [0.15, 0.2) is 26.5 Å². The van der Waals surface area contributed by atoms with E-state index in [-0.39, 0.29) is 11.5 Å². The van der Waals surface area contributed by atoms with Crippen molar-refractivity contribution in [3.8, 4) is 11.5 Å². The lowest BCUT2D eigenvalue weighted by Gasteiger charge is -2.14. The molecular formula is C16H20BrN5O3. The molecule has 0 atom stereocenters. The number of halogens is 1. The third kappa shape index (κ3) is 5.28. The summed E-state index contributed by atoms with van der Waals surface area (Å²) in [6.07, 6.45) is 2.48. The molecule has 0 aliphatic rings. The number of aromatic amines is 1. The third-order valence-corrected chi connectivity index (χ3v) is 3.62. The van der Waals surface area contributed by atoms with E-state index in [0.717, 1.165) is 16.5 Å². The van der Waals surface area contributed by atoms with E-state index in [1.807, 2.05) is 26.0 Å². The largest absolute Gasteiger partial charge is 0.490 e. The monoisotopic (exact) mass is 409 g/mol. The first-order valence-corrected chi connectivity index (χ1v) is 8.66. The first-order valence-electron chi connectivity index (χ1n) is 7.87. The van der Waals surface area contributed by atoms with Crippen LogP contribution in [0.1, 0.15) is 31.5 Å². The molecule has 0 unspecified atom stereocenters. The van der Waals surface area contributed by atoms with Gasteiger partial charge in [-0.2, -0.15) is 5.10 Å². The van der Waals surface area contributed by atoms with Gasteiger partial charge in [-0.25, -0.2) is 5.43 Å². The van der Waals surface area contributed by atoms with E-state index in [1.54, 1.807) is 13.1 Å². The number of nitrogens with zero attached hydrogens (tertiary/aromatic N) is 3. The Morgan fingerprint density at radius 1 is 1.32 bits per heavy atom. The summed E-state index contributed by atoms with van der Waals surface area (Å²) >= 11 is 3.50. The van der Waals surface area contributed by atoms with Crippen LogP contribution in [0.5, 0.6) is 11.5 Å². The maximum atomic E-state index is 11.5. The number of hydrogen-bond acceptors (Lipinski definition) is 7. The van der Waals surface area contributed by atoms with Crippen LogP contribution < -0.4 is 20.5 Å². The number of H-pyrrole nitrogens is 1. The van der Waals surface area contributed by atoms with Crippen LogP contribution >= 0.6 is 15.9 Å². The number of hydrogen-bond donors (Lipinski definition) is 2. The highest BCUT2D eigenvalue weighted by Crippen LogP contribution is 2.36. The molecule has 9 heteroatoms. The molecule has 0 saturated carbocycles. The predicted molar refractivity (Wildman–Crippen MR) is 99.7 cm³/mol. The number of rotatable bonds is 8. The molecule has 0 aliphatic carbocycles. The van der Waals surface area contributed by atoms with Gasteiger partial charge in [-0.1, -0.05) is 6.92 Å². The van der Waals surface area contributed by atoms with Crippen molar-refractivity contribution in [1.82, 2.24) is 15.2 Å². The average Bonchev–Trinajstić information content (AvgIpc) is 2.58. The fourth-order valence-electron chi connectivity index (χ4n) is 1.88. The van der Waals surface area contributed by atoms with Crippen LogP contribution in [-0.4, -0.2) is 34.6 Å². The smallest absolute Gasteiger partial charge is 0.274 e. The molecular weight excluding hydrogens is 390 g/mol. The van der Waals surface area contributed by atoms with Crippen LogP contribution in [-0.2, 0) is 0 Å². The molecule has 1 aromatic carbocycles. The van der Waals surface area contributed by atoms with Crippen molar-refractivity contribution in [2.75, 3.05) is 18.6 Å². The zero-order chi connectivity index (χ0) is 18.2. The minimum Gasteiger partial charge on any atom is -0.490 e. The summed E-state index contributed by atoms with van der Waals surface area (Å²) in [4.78, 5) is 14.0. The minimum atomic E-state index is -0.313. The van der Waals surface area contributed by atoms with Gasteiger partial charge in [-0.05, 0) is 53.9 Å². The lowest BCUT2D eigenvalue weighted by atomic mass is 10.2. The minimum absolute atomic E-state index is 0.166. The summed E-state index contributed by atoms with van der Waals surface area (Å²) in [6.45, 7) is 6.65. The Morgan fingerprint density at radius 3 is 2.80 bits per heavy atom. The Labute approximate surface area is 153 Å². The Balaban J connectivity index is 2.17. The highest BCUT2D eigenvalue weighted by atomic mass is 79.9. The van der Waals surface area contributed by atoms with Crippen LogP contribution in [0.4, 0.5) is 5.95 Å². The van der Waals surface area contributed by atoms with Gasteiger partial charge in [0.1, 0.15) is 5.69 Å². The second kappa shape index (κ2) is 9.16. The second-order valence-electron chi connectivity index (χ2n) is 5.07. The SMILES string of the molecule is CCCOc1c(Br)cc(/C=N/Nc2nnc(C)c(=O)[nH]2)cc1OCC. The van der Waals surface area contributed by atoms with Crippen LogP contribution in [0.25, 0.3) is 0 Å². The van der Waals surface area contributed by atoms with Gasteiger partial charge in [-0.3, -0.25) is 9.78 Å². The Hall–Kier alpha value is -2.42. The fraction of sp³-hybridized carbons (Fsp3) is 0.375. The van der Waals surface area contributed by atoms with E-state index in [4.69, 9.17) is 9.47 Å². The van der Waals surface area contributed by atoms with Crippen molar-refractivity contribution in [3.63, 3.8) is 0 Å². The first kappa shape index (κ1) is 18.9. The van der Waals surface area contributed by atoms with E-state index in [0.29, 0.717) is 30.4 Å². The van der Waals surface area contributed by atoms with Gasteiger partial charge in [0.15, 0.2) is 11.5 Å². The van der Waals surface area contributed by atoms with Crippen LogP contribution in [0.2, 0.25) is 0 Å². The number of benzene rings is 1. The van der Waals surface area contributed by atoms with Crippen LogP contribution in [0.3, 0.4) is 0 Å². The van der Waals surface area contributed by atoms with Gasteiger partial charge in [0, 0.05) is 0 Å². The van der Waals surface area contributed by atoms with Crippen molar-refractivity contribution in [1.29, 1.82) is 0 Å². The molecule has 134 valence electrons. The van der Waals surface area contributed by atoms with Gasteiger partial charge >= 0.3 is 0 Å². The zero-order valence-electron chi connectivity index (χ0n) is 14.3. The lowest BCUT2D eigenvalue weighted by molar-refractivity contribution is 0.275. The van der Waals surface area contributed by atoms with E-state index in [1.165, 1.54) is 0 Å². The van der Waals surface area contributed by atoms with Crippen LogP contribution in [0, 0.1) is 6.92 Å². The van der Waals surface area contributed by atoms with E-state index in [2.05, 4.69) is 41.6 Å². The molecule has 8 nitrogen and oxygen atoms in total. The maximum Gasteiger partial charge on any atom is 0.274 e. The molecule has 25 heavy (non-hydrogen) atoms. The third-order valence-electron chi connectivity index (χ3n) is 3.03. The Bertz CT molecular complexity index is 807. The summed E-state index contributed by atoms with van der Waals surface area (Å²) in [7, 11) is 0. The summed E-state index contributed by atoms with van der Waals surface area (Å²) in [5.74, 6) is 1.47. The van der Waals surface area contributed by atoms with Crippen molar-refractivity contribution >= 4 is 28.1 Å². The number of anilines is 1. The summed E-state index contributed by atoms with van der Waals surface area (Å²) < 4.78 is 12.1. The van der Waals surface area contributed by atoms with E-state index >= 15 is 0 Å². The number of aromatic nitrogens is 3. The van der Waals surface area contributed by atoms with Crippen molar-refractivity contribution < 1.29 is 9.47 Å². The topological polar surface area (TPSA) is 101 Å². The first-order chi connectivity index (χ1) is 12.0. The molecule has 0 radical (unpaired) electrons. The van der Waals surface area contributed by atoms with Gasteiger partial charge in [0.2, 0.25) is 5.95 Å². The van der Waals surface area contributed by atoms with Gasteiger partial charge in [0.25, 0.3) is 5.56 Å². The summed E-state index contributed by atoms with van der Waals surface area (Å²) in [5.41, 5.74) is 3.40. The molecule has 2 aromatic rings. The van der Waals surface area contributed by atoms with Gasteiger partial charge in [-0.15, -0.1) is 10.2 Å². The Morgan fingerprint density at radius 2 is 2.12 bits per heavy atom. The number of hydrazone groups is 1. The summed E-state index contributed by atoms with van der Waals surface area (Å²) in [5, 5.41) is 11.6. The predicted octanol–water partition coefficient (Wildman–Crippen LogP) is 2.87. The maximum absolute atomic E-state index is 11.5. The number of aryl methyl sites for hydroxylation is 1. The molecule has 2 N–H and O–H groups in total. The second-order valence-corrected chi connectivity index (χ2v) is 5.92. The normalized spacial score (nSPS) is 10.9. The quantitative estimate of drug-likeness (QED) is 0.513. The summed E-state index contributed by atoms with van der Waals surface area (Å²) in [6, 6.07) is 3.69. The molecule has 0 saturated heterocycles. The van der Waals surface area contributed by atoms with Crippen molar-refractivity contribution in [2.24, 2.45) is 5.10 Å². The Kier molecular flexibility index (Phi) is 6.93. The molecule has 0 aliphatic heterocycles. The van der Waals surface area contributed by atoms with Crippen molar-refractivity contribution in [2.45, 2.75) is 27.2 Å². The standard InChI is InChI=1S/C16H20BrN5O3/c1-4-6-25-14-12(17)7-11(8-13(14)24-5-2)9-18-21-16-19-15(23)10(3)20-22-16/h7-9H,4-6H2,1-3H3,(H2,19,21,22,23)/b18-9+. The highest BCUT2D eigenvalue weighted by Gasteiger charge is 2.11. The number of ether oxygens (including phenoxy) is 2. The molecule has 0 fully saturated rings. The molecule has 0 amide bonds. The molecule has 0 spiro atoms. The zero-order valence-corrected chi connectivity index (χ0v) is 15.9. The highest BCUT2D eigenvalue weighted by molar-refractivity contribution is 9.10. The van der Waals surface area contributed by atoms with Crippen molar-refractivity contribution in [3.05, 3.63) is 38.2 Å². The average molecular weight is 410 g/mol. The molecule has 0 bridgehead atoms. The molecule has 2 rings (SSSR count). The number of nitrogens with one attached hydrogen (secondary N) is 2. The lowest BCUT2D eigenvalue weighted by Crippen LogP contribution is -2.15.